The number of halogens is 1. The molecule has 0 fully saturated rings. The number of hydrogen-bond acceptors (Lipinski definition) is 4. The fourth-order valence-corrected chi connectivity index (χ4v) is 3.99. The normalized spacial score (nSPS) is 12.2. The van der Waals surface area contributed by atoms with Crippen molar-refractivity contribution < 1.29 is 9.13 Å². The molecule has 0 N–H and O–H groups in total. The third kappa shape index (κ3) is 4.89. The number of hydrogen-bond donors (Lipinski definition) is 0. The number of rotatable bonds is 7. The first-order valence-corrected chi connectivity index (χ1v) is 10.00. The van der Waals surface area contributed by atoms with Crippen molar-refractivity contribution >= 4 is 11.8 Å². The van der Waals surface area contributed by atoms with Gasteiger partial charge in [-0.2, -0.15) is 0 Å². The monoisotopic (exact) mass is 385 g/mol. The van der Waals surface area contributed by atoms with Crippen LogP contribution in [0.3, 0.4) is 0 Å². The van der Waals surface area contributed by atoms with Crippen LogP contribution >= 0.6 is 11.8 Å². The van der Waals surface area contributed by atoms with E-state index in [1.165, 1.54) is 17.2 Å². The molecule has 3 rings (SSSR count). The van der Waals surface area contributed by atoms with Gasteiger partial charge in [-0.1, -0.05) is 30.0 Å². The van der Waals surface area contributed by atoms with Gasteiger partial charge in [0.05, 0.1) is 0 Å². The Hall–Kier alpha value is -2.34. The Morgan fingerprint density at radius 1 is 1.11 bits per heavy atom. The molecule has 0 bridgehead atoms. The molecule has 0 saturated carbocycles. The molecule has 6 heteroatoms. The van der Waals surface area contributed by atoms with Crippen LogP contribution in [0, 0.1) is 19.7 Å². The van der Waals surface area contributed by atoms with Crippen LogP contribution in [0.25, 0.3) is 0 Å². The summed E-state index contributed by atoms with van der Waals surface area (Å²) in [4.78, 5) is 0. The van der Waals surface area contributed by atoms with Gasteiger partial charge in [-0.3, -0.25) is 0 Å². The molecule has 4 nitrogen and oxygen atoms in total. The summed E-state index contributed by atoms with van der Waals surface area (Å²) in [7, 11) is 0. The van der Waals surface area contributed by atoms with Crippen molar-refractivity contribution in [2.45, 2.75) is 51.3 Å². The van der Waals surface area contributed by atoms with Crippen LogP contribution in [0.4, 0.5) is 4.39 Å². The maximum Gasteiger partial charge on any atom is 0.191 e. The molecule has 0 aliphatic rings. The highest BCUT2D eigenvalue weighted by atomic mass is 32.2. The van der Waals surface area contributed by atoms with Gasteiger partial charge in [0.25, 0.3) is 0 Å². The van der Waals surface area contributed by atoms with Crippen LogP contribution in [0.2, 0.25) is 0 Å². The predicted molar refractivity (Wildman–Crippen MR) is 107 cm³/mol. The lowest BCUT2D eigenvalue weighted by atomic mass is 10.1. The zero-order valence-corrected chi connectivity index (χ0v) is 16.9. The first-order chi connectivity index (χ1) is 13.0. The fraction of sp³-hybridized carbons (Fsp3) is 0.333. The zero-order chi connectivity index (χ0) is 19.4. The first kappa shape index (κ1) is 19.4. The number of aromatic nitrogens is 3. The van der Waals surface area contributed by atoms with Gasteiger partial charge >= 0.3 is 0 Å². The summed E-state index contributed by atoms with van der Waals surface area (Å²) in [6, 6.07) is 12.8. The van der Waals surface area contributed by atoms with Crippen LogP contribution in [-0.2, 0) is 12.3 Å². The summed E-state index contributed by atoms with van der Waals surface area (Å²) in [5.74, 6) is 2.04. The lowest BCUT2D eigenvalue weighted by Crippen LogP contribution is -2.12. The Kier molecular flexibility index (Phi) is 6.16. The molecular formula is C21H24FN3OS. The van der Waals surface area contributed by atoms with Crippen LogP contribution in [-0.4, -0.2) is 14.8 Å². The minimum absolute atomic E-state index is 0.220. The third-order valence-corrected chi connectivity index (χ3v) is 5.23. The molecular weight excluding hydrogens is 361 g/mol. The summed E-state index contributed by atoms with van der Waals surface area (Å²) in [6.07, 6.45) is -0.220. The lowest BCUT2D eigenvalue weighted by Gasteiger charge is -2.16. The van der Waals surface area contributed by atoms with Crippen LogP contribution in [0.5, 0.6) is 5.75 Å². The molecule has 142 valence electrons. The molecule has 27 heavy (non-hydrogen) atoms. The molecule has 0 saturated heterocycles. The van der Waals surface area contributed by atoms with Crippen LogP contribution < -0.4 is 4.74 Å². The third-order valence-electron chi connectivity index (χ3n) is 4.19. The molecule has 1 aromatic heterocycles. The minimum Gasteiger partial charge on any atom is -0.483 e. The standard InChI is InChI=1S/C21H24FN3OS/c1-5-25-20(16(4)26-19-10-14(2)9-15(3)11-19)23-24-21(25)27-13-17-7-6-8-18(22)12-17/h6-12,16H,5,13H2,1-4H3. The summed E-state index contributed by atoms with van der Waals surface area (Å²) in [5.41, 5.74) is 3.26. The van der Waals surface area contributed by atoms with E-state index in [-0.39, 0.29) is 11.9 Å². The van der Waals surface area contributed by atoms with E-state index in [1.807, 2.05) is 25.1 Å². The number of nitrogens with zero attached hydrogens (tertiary/aromatic N) is 3. The average Bonchev–Trinajstić information content (AvgIpc) is 3.02. The highest BCUT2D eigenvalue weighted by molar-refractivity contribution is 7.98. The Labute approximate surface area is 163 Å². The second kappa shape index (κ2) is 8.57. The van der Waals surface area contributed by atoms with Gasteiger partial charge in [-0.05, 0) is 68.7 Å². The van der Waals surface area contributed by atoms with Crippen molar-refractivity contribution in [1.29, 1.82) is 0 Å². The van der Waals surface area contributed by atoms with Gasteiger partial charge in [0.1, 0.15) is 11.6 Å². The van der Waals surface area contributed by atoms with Crippen molar-refractivity contribution in [3.63, 3.8) is 0 Å². The maximum atomic E-state index is 13.4. The molecule has 1 atom stereocenters. The number of thioether (sulfide) groups is 1. The second-order valence-corrected chi connectivity index (χ2v) is 7.53. The summed E-state index contributed by atoms with van der Waals surface area (Å²) >= 11 is 1.55. The minimum atomic E-state index is -0.221. The summed E-state index contributed by atoms with van der Waals surface area (Å²) in [6.45, 7) is 8.90. The van der Waals surface area contributed by atoms with Crippen LogP contribution in [0.15, 0.2) is 47.6 Å². The van der Waals surface area contributed by atoms with Crippen LogP contribution in [0.1, 0.15) is 42.5 Å². The van der Waals surface area contributed by atoms with Gasteiger partial charge in [-0.25, -0.2) is 4.39 Å². The van der Waals surface area contributed by atoms with E-state index in [0.717, 1.165) is 28.8 Å². The van der Waals surface area contributed by atoms with E-state index in [2.05, 4.69) is 41.6 Å². The molecule has 2 aromatic carbocycles. The zero-order valence-electron chi connectivity index (χ0n) is 16.1. The highest BCUT2D eigenvalue weighted by Gasteiger charge is 2.19. The number of aryl methyl sites for hydroxylation is 2. The van der Waals surface area contributed by atoms with Gasteiger partial charge in [0.15, 0.2) is 17.1 Å². The maximum absolute atomic E-state index is 13.4. The largest absolute Gasteiger partial charge is 0.483 e. The molecule has 1 unspecified atom stereocenters. The van der Waals surface area contributed by atoms with E-state index < -0.39 is 0 Å². The van der Waals surface area contributed by atoms with Gasteiger partial charge in [0.2, 0.25) is 0 Å². The van der Waals surface area contributed by atoms with E-state index in [0.29, 0.717) is 5.75 Å². The Bertz CT molecular complexity index is 905. The SMILES string of the molecule is CCn1c(SCc2cccc(F)c2)nnc1C(C)Oc1cc(C)cc(C)c1. The topological polar surface area (TPSA) is 39.9 Å². The number of benzene rings is 2. The van der Waals surface area contributed by atoms with Gasteiger partial charge in [0, 0.05) is 12.3 Å². The molecule has 1 heterocycles. The van der Waals surface area contributed by atoms with Gasteiger partial charge < -0.3 is 9.30 Å². The van der Waals surface area contributed by atoms with E-state index in [9.17, 15) is 4.39 Å². The summed E-state index contributed by atoms with van der Waals surface area (Å²) < 4.78 is 21.5. The Balaban J connectivity index is 1.74. The molecule has 0 radical (unpaired) electrons. The quantitative estimate of drug-likeness (QED) is 0.505. The first-order valence-electron chi connectivity index (χ1n) is 9.01. The van der Waals surface area contributed by atoms with E-state index in [1.54, 1.807) is 23.9 Å². The molecule has 0 spiro atoms. The number of ether oxygens (including phenoxy) is 1. The molecule has 3 aromatic rings. The highest BCUT2D eigenvalue weighted by Crippen LogP contribution is 2.27. The van der Waals surface area contributed by atoms with Crippen molar-refractivity contribution in [1.82, 2.24) is 14.8 Å². The van der Waals surface area contributed by atoms with Crippen molar-refractivity contribution in [3.8, 4) is 5.75 Å². The van der Waals surface area contributed by atoms with Crippen molar-refractivity contribution in [2.24, 2.45) is 0 Å². The smallest absolute Gasteiger partial charge is 0.191 e. The molecule has 0 aliphatic heterocycles. The van der Waals surface area contributed by atoms with Gasteiger partial charge in [-0.15, -0.1) is 10.2 Å². The van der Waals surface area contributed by atoms with Crippen molar-refractivity contribution in [3.05, 3.63) is 70.8 Å². The summed E-state index contributed by atoms with van der Waals surface area (Å²) in [5, 5.41) is 9.49. The average molecular weight is 386 g/mol. The second-order valence-electron chi connectivity index (χ2n) is 6.59. The lowest BCUT2D eigenvalue weighted by molar-refractivity contribution is 0.209. The Morgan fingerprint density at radius 3 is 2.52 bits per heavy atom. The Morgan fingerprint density at radius 2 is 1.85 bits per heavy atom. The molecule has 0 aliphatic carbocycles. The van der Waals surface area contributed by atoms with E-state index >= 15 is 0 Å². The predicted octanol–water partition coefficient (Wildman–Crippen LogP) is 5.49. The fourth-order valence-electron chi connectivity index (χ4n) is 3.04. The van der Waals surface area contributed by atoms with Crippen molar-refractivity contribution in [2.75, 3.05) is 0 Å². The van der Waals surface area contributed by atoms with E-state index in [4.69, 9.17) is 4.74 Å². The molecule has 0 amide bonds.